The summed E-state index contributed by atoms with van der Waals surface area (Å²) in [6.45, 7) is 9.18. The van der Waals surface area contributed by atoms with Gasteiger partial charge >= 0.3 is 0 Å². The number of nitrogens with one attached hydrogen (secondary N) is 1. The van der Waals surface area contributed by atoms with Gasteiger partial charge in [-0.15, -0.1) is 0 Å². The van der Waals surface area contributed by atoms with Gasteiger partial charge in [-0.05, 0) is 27.0 Å². The predicted molar refractivity (Wildman–Crippen MR) is 65.0 cm³/mol. The zero-order valence-electron chi connectivity index (χ0n) is 9.95. The highest BCUT2D eigenvalue weighted by atomic mass is 32.2. The van der Waals surface area contributed by atoms with Crippen LogP contribution in [0.5, 0.6) is 0 Å². The number of aryl methyl sites for hydroxylation is 1. The monoisotopic (exact) mass is 228 g/mol. The van der Waals surface area contributed by atoms with Gasteiger partial charge in [-0.1, -0.05) is 0 Å². The third-order valence-corrected chi connectivity index (χ3v) is 3.63. The van der Waals surface area contributed by atoms with Crippen molar-refractivity contribution < 1.29 is 0 Å². The minimum absolute atomic E-state index is 0.275. The lowest BCUT2D eigenvalue weighted by Crippen LogP contribution is -2.32. The second kappa shape index (κ2) is 5.51. The van der Waals surface area contributed by atoms with Crippen LogP contribution in [0.4, 0.5) is 0 Å². The number of hydrogen-bond acceptors (Lipinski definition) is 4. The lowest BCUT2D eigenvalue weighted by atomic mass is 10.2. The molecule has 1 aromatic heterocycles. The average molecular weight is 228 g/mol. The first-order valence-corrected chi connectivity index (χ1v) is 6.44. The molecule has 0 atom stereocenters. The van der Waals surface area contributed by atoms with Gasteiger partial charge in [-0.3, -0.25) is 0 Å². The highest BCUT2D eigenvalue weighted by Crippen LogP contribution is 2.19. The smallest absolute Gasteiger partial charge is 0.140 e. The Morgan fingerprint density at radius 2 is 2.27 bits per heavy atom. The van der Waals surface area contributed by atoms with Crippen LogP contribution >= 0.6 is 11.8 Å². The van der Waals surface area contributed by atoms with E-state index in [0.717, 1.165) is 25.5 Å². The van der Waals surface area contributed by atoms with E-state index in [1.165, 1.54) is 0 Å². The van der Waals surface area contributed by atoms with Gasteiger partial charge < -0.3 is 5.32 Å². The van der Waals surface area contributed by atoms with Gasteiger partial charge in [0.2, 0.25) is 0 Å². The zero-order chi connectivity index (χ0) is 11.3. The topological polar surface area (TPSA) is 42.7 Å². The van der Waals surface area contributed by atoms with Crippen molar-refractivity contribution in [2.45, 2.75) is 38.6 Å². The number of rotatable bonds is 6. The second-order valence-corrected chi connectivity index (χ2v) is 5.57. The standard InChI is InChI=1S/C10H20N4S/c1-5-14-9(12-8-13-14)6-11-7-10(2,3)15-4/h8,11H,5-7H2,1-4H3. The molecule has 0 aliphatic rings. The molecular formula is C10H20N4S. The largest absolute Gasteiger partial charge is 0.308 e. The van der Waals surface area contributed by atoms with Gasteiger partial charge in [0.15, 0.2) is 0 Å². The Balaban J connectivity index is 2.38. The molecule has 15 heavy (non-hydrogen) atoms. The van der Waals surface area contributed by atoms with Gasteiger partial charge in [-0.25, -0.2) is 9.67 Å². The molecule has 86 valence electrons. The van der Waals surface area contributed by atoms with E-state index in [1.54, 1.807) is 6.33 Å². The Labute approximate surface area is 95.9 Å². The molecule has 0 bridgehead atoms. The van der Waals surface area contributed by atoms with E-state index in [9.17, 15) is 0 Å². The molecule has 0 unspecified atom stereocenters. The highest BCUT2D eigenvalue weighted by molar-refractivity contribution is 7.99. The second-order valence-electron chi connectivity index (χ2n) is 4.06. The molecule has 1 heterocycles. The maximum absolute atomic E-state index is 4.21. The van der Waals surface area contributed by atoms with E-state index >= 15 is 0 Å². The highest BCUT2D eigenvalue weighted by Gasteiger charge is 2.15. The molecule has 0 aliphatic heterocycles. The molecule has 0 aromatic carbocycles. The zero-order valence-corrected chi connectivity index (χ0v) is 10.8. The van der Waals surface area contributed by atoms with Crippen LogP contribution in [-0.2, 0) is 13.1 Å². The summed E-state index contributed by atoms with van der Waals surface area (Å²) >= 11 is 1.87. The lowest BCUT2D eigenvalue weighted by Gasteiger charge is -2.22. The van der Waals surface area contributed by atoms with Crippen molar-refractivity contribution in [3.8, 4) is 0 Å². The Morgan fingerprint density at radius 3 is 2.87 bits per heavy atom. The Bertz CT molecular complexity index is 295. The summed E-state index contributed by atoms with van der Waals surface area (Å²) in [5.74, 6) is 1.01. The number of thioether (sulfide) groups is 1. The van der Waals surface area contributed by atoms with Crippen LogP contribution in [0.2, 0.25) is 0 Å². The molecule has 0 spiro atoms. The van der Waals surface area contributed by atoms with Crippen molar-refractivity contribution in [1.82, 2.24) is 20.1 Å². The van der Waals surface area contributed by atoms with Gasteiger partial charge in [0.25, 0.3) is 0 Å². The number of nitrogens with zero attached hydrogens (tertiary/aromatic N) is 3. The van der Waals surface area contributed by atoms with Gasteiger partial charge in [-0.2, -0.15) is 16.9 Å². The minimum atomic E-state index is 0.275. The molecular weight excluding hydrogens is 208 g/mol. The van der Waals surface area contributed by atoms with Crippen LogP contribution in [0.3, 0.4) is 0 Å². The number of aromatic nitrogens is 3. The van der Waals surface area contributed by atoms with Crippen molar-refractivity contribution in [2.24, 2.45) is 0 Å². The van der Waals surface area contributed by atoms with Gasteiger partial charge in [0.1, 0.15) is 12.2 Å². The normalized spacial score (nSPS) is 12.0. The van der Waals surface area contributed by atoms with Crippen molar-refractivity contribution in [2.75, 3.05) is 12.8 Å². The molecule has 0 saturated heterocycles. The van der Waals surface area contributed by atoms with Crippen molar-refractivity contribution in [3.63, 3.8) is 0 Å². The summed E-state index contributed by atoms with van der Waals surface area (Å²) in [5.41, 5.74) is 0. The molecule has 4 nitrogen and oxygen atoms in total. The van der Waals surface area contributed by atoms with Crippen LogP contribution in [0, 0.1) is 0 Å². The third kappa shape index (κ3) is 3.83. The van der Waals surface area contributed by atoms with Crippen LogP contribution in [0.25, 0.3) is 0 Å². The first-order chi connectivity index (χ1) is 7.09. The van der Waals surface area contributed by atoms with E-state index in [0.29, 0.717) is 0 Å². The molecule has 0 radical (unpaired) electrons. The summed E-state index contributed by atoms with van der Waals surface area (Å²) in [4.78, 5) is 4.21. The summed E-state index contributed by atoms with van der Waals surface area (Å²) in [6, 6.07) is 0. The quantitative estimate of drug-likeness (QED) is 0.802. The van der Waals surface area contributed by atoms with Crippen LogP contribution < -0.4 is 5.32 Å². The van der Waals surface area contributed by atoms with E-state index < -0.39 is 0 Å². The Kier molecular flexibility index (Phi) is 4.60. The fraction of sp³-hybridized carbons (Fsp3) is 0.800. The molecule has 0 fully saturated rings. The summed E-state index contributed by atoms with van der Waals surface area (Å²) in [6.07, 6.45) is 3.75. The molecule has 1 N–H and O–H groups in total. The molecule has 1 aromatic rings. The van der Waals surface area contributed by atoms with E-state index in [4.69, 9.17) is 0 Å². The van der Waals surface area contributed by atoms with E-state index in [-0.39, 0.29) is 4.75 Å². The molecule has 0 amide bonds. The fourth-order valence-electron chi connectivity index (χ4n) is 1.24. The average Bonchev–Trinajstić information content (AvgIpc) is 2.65. The lowest BCUT2D eigenvalue weighted by molar-refractivity contribution is 0.541. The first-order valence-electron chi connectivity index (χ1n) is 5.21. The van der Waals surface area contributed by atoms with Gasteiger partial charge in [0.05, 0.1) is 6.54 Å². The van der Waals surface area contributed by atoms with Crippen LogP contribution in [0.15, 0.2) is 6.33 Å². The maximum atomic E-state index is 4.21. The molecule has 1 rings (SSSR count). The molecule has 0 aliphatic carbocycles. The molecule has 5 heteroatoms. The fourth-order valence-corrected chi connectivity index (χ4v) is 1.48. The summed E-state index contributed by atoms with van der Waals surface area (Å²) in [7, 11) is 0. The van der Waals surface area contributed by atoms with E-state index in [1.807, 2.05) is 16.4 Å². The van der Waals surface area contributed by atoms with Gasteiger partial charge in [0, 0.05) is 17.8 Å². The Morgan fingerprint density at radius 1 is 1.53 bits per heavy atom. The van der Waals surface area contributed by atoms with E-state index in [2.05, 4.69) is 42.4 Å². The Hall–Kier alpha value is -0.550. The van der Waals surface area contributed by atoms with Crippen LogP contribution in [0.1, 0.15) is 26.6 Å². The predicted octanol–water partition coefficient (Wildman–Crippen LogP) is 1.53. The van der Waals surface area contributed by atoms with Crippen molar-refractivity contribution >= 4 is 11.8 Å². The van der Waals surface area contributed by atoms with Crippen molar-refractivity contribution in [3.05, 3.63) is 12.2 Å². The SMILES string of the molecule is CCn1ncnc1CNCC(C)(C)SC. The third-order valence-electron chi connectivity index (χ3n) is 2.38. The minimum Gasteiger partial charge on any atom is -0.308 e. The first kappa shape index (κ1) is 12.5. The summed E-state index contributed by atoms with van der Waals surface area (Å²) in [5, 5.41) is 7.54. The summed E-state index contributed by atoms with van der Waals surface area (Å²) < 4.78 is 2.19. The number of hydrogen-bond donors (Lipinski definition) is 1. The maximum Gasteiger partial charge on any atom is 0.140 e. The van der Waals surface area contributed by atoms with Crippen molar-refractivity contribution in [1.29, 1.82) is 0 Å². The molecule has 0 saturated carbocycles. The van der Waals surface area contributed by atoms with Crippen LogP contribution in [-0.4, -0.2) is 32.3 Å².